The number of rotatable bonds is 1. The van der Waals surface area contributed by atoms with Gasteiger partial charge in [-0.1, -0.05) is 12.2 Å². The highest BCUT2D eigenvalue weighted by Gasteiger charge is 2.25. The average Bonchev–Trinajstić information content (AvgIpc) is 2.03. The summed E-state index contributed by atoms with van der Waals surface area (Å²) in [5.74, 6) is -0.387. The van der Waals surface area contributed by atoms with Gasteiger partial charge in [-0.3, -0.25) is 4.79 Å². The van der Waals surface area contributed by atoms with Gasteiger partial charge >= 0.3 is 5.71 Å². The van der Waals surface area contributed by atoms with E-state index in [9.17, 15) is 4.79 Å². The minimum atomic E-state index is -0.376. The predicted molar refractivity (Wildman–Crippen MR) is 45.7 cm³/mol. The molecule has 1 aliphatic carbocycles. The molecule has 0 aromatic rings. The zero-order chi connectivity index (χ0) is 9.14. The van der Waals surface area contributed by atoms with Crippen LogP contribution in [-0.2, 0) is 4.79 Å². The van der Waals surface area contributed by atoms with Crippen molar-refractivity contribution in [2.75, 3.05) is 0 Å². The Bertz CT molecular complexity index is 319. The lowest BCUT2D eigenvalue weighted by Gasteiger charge is -2.05. The molecule has 0 amide bonds. The first kappa shape index (κ1) is 8.62. The first-order chi connectivity index (χ1) is 5.65. The number of allylic oxidation sites excluding steroid dienone is 4. The van der Waals surface area contributed by atoms with Crippen LogP contribution in [0.1, 0.15) is 13.8 Å². The van der Waals surface area contributed by atoms with Gasteiger partial charge in [-0.15, -0.1) is 0 Å². The van der Waals surface area contributed by atoms with Crippen molar-refractivity contribution in [1.29, 1.82) is 0 Å². The van der Waals surface area contributed by atoms with Crippen LogP contribution in [0.2, 0.25) is 0 Å². The van der Waals surface area contributed by atoms with E-state index in [0.29, 0.717) is 5.71 Å². The van der Waals surface area contributed by atoms with E-state index in [1.54, 1.807) is 12.2 Å². The Morgan fingerprint density at radius 1 is 1.67 bits per heavy atom. The lowest BCUT2D eigenvalue weighted by Crippen LogP contribution is -2.21. The molecule has 0 aromatic carbocycles. The highest BCUT2D eigenvalue weighted by Crippen LogP contribution is 2.13. The SMILES string of the molecule is CC(=O)C1C=CC(C)=CC1=[N+]=[N-]. The molecule has 0 aromatic heterocycles. The zero-order valence-corrected chi connectivity index (χ0v) is 7.11. The first-order valence-corrected chi connectivity index (χ1v) is 3.74. The number of Topliss-reactive ketones (excluding diaryl/α,β-unsaturated/α-hetero) is 1. The quantitative estimate of drug-likeness (QED) is 0.424. The van der Waals surface area contributed by atoms with E-state index in [1.165, 1.54) is 6.92 Å². The number of carbonyl (C=O) groups excluding carboxylic acids is 1. The molecule has 3 nitrogen and oxygen atoms in total. The molecule has 0 radical (unpaired) electrons. The van der Waals surface area contributed by atoms with Gasteiger partial charge in [0.15, 0.2) is 0 Å². The van der Waals surface area contributed by atoms with Crippen LogP contribution in [0.25, 0.3) is 5.53 Å². The second-order valence-corrected chi connectivity index (χ2v) is 2.86. The maximum atomic E-state index is 11.0. The topological polar surface area (TPSA) is 53.5 Å². The minimum absolute atomic E-state index is 0.0113. The highest BCUT2D eigenvalue weighted by molar-refractivity contribution is 6.09. The normalized spacial score (nSPS) is 21.7. The number of hydrogen-bond donors (Lipinski definition) is 0. The molecule has 0 aliphatic heterocycles. The smallest absolute Gasteiger partial charge is 0.306 e. The highest BCUT2D eigenvalue weighted by atomic mass is 16.1. The molecule has 1 unspecified atom stereocenters. The van der Waals surface area contributed by atoms with Gasteiger partial charge < -0.3 is 5.53 Å². The van der Waals surface area contributed by atoms with Crippen molar-refractivity contribution in [2.24, 2.45) is 5.92 Å². The van der Waals surface area contributed by atoms with Gasteiger partial charge in [-0.2, -0.15) is 4.79 Å². The molecule has 0 N–H and O–H groups in total. The van der Waals surface area contributed by atoms with Crippen LogP contribution in [0, 0.1) is 5.92 Å². The van der Waals surface area contributed by atoms with Gasteiger partial charge in [0, 0.05) is 6.08 Å². The molecular formula is C9H10N2O. The maximum absolute atomic E-state index is 11.0. The van der Waals surface area contributed by atoms with Crippen molar-refractivity contribution in [3.63, 3.8) is 0 Å². The van der Waals surface area contributed by atoms with E-state index in [4.69, 9.17) is 5.53 Å². The number of nitrogens with zero attached hydrogens (tertiary/aromatic N) is 2. The molecule has 0 saturated carbocycles. The van der Waals surface area contributed by atoms with Gasteiger partial charge in [0.05, 0.1) is 0 Å². The zero-order valence-electron chi connectivity index (χ0n) is 7.11. The second kappa shape index (κ2) is 3.28. The van der Waals surface area contributed by atoms with Crippen LogP contribution in [0.4, 0.5) is 0 Å². The van der Waals surface area contributed by atoms with Gasteiger partial charge in [0.25, 0.3) is 0 Å². The molecule has 0 fully saturated rings. The van der Waals surface area contributed by atoms with Gasteiger partial charge in [0.2, 0.25) is 0 Å². The number of ketones is 1. The summed E-state index contributed by atoms with van der Waals surface area (Å²) in [6.45, 7) is 3.37. The predicted octanol–water partition coefficient (Wildman–Crippen LogP) is 1.38. The standard InChI is InChI=1S/C9H10N2O/c1-6-3-4-8(7(2)12)9(5-6)11-10/h3-5,8H,1-2H3. The Kier molecular flexibility index (Phi) is 2.36. The molecule has 3 heteroatoms. The lowest BCUT2D eigenvalue weighted by molar-refractivity contribution is -0.118. The lowest BCUT2D eigenvalue weighted by atomic mass is 9.92. The van der Waals surface area contributed by atoms with Crippen LogP contribution >= 0.6 is 0 Å². The Labute approximate surface area is 71.0 Å². The van der Waals surface area contributed by atoms with Gasteiger partial charge in [-0.25, -0.2) is 0 Å². The molecule has 1 aliphatic rings. The Hall–Kier alpha value is -1.47. The van der Waals surface area contributed by atoms with Gasteiger partial charge in [0.1, 0.15) is 11.7 Å². The van der Waals surface area contributed by atoms with E-state index in [0.717, 1.165) is 5.57 Å². The first-order valence-electron chi connectivity index (χ1n) is 3.74. The van der Waals surface area contributed by atoms with E-state index >= 15 is 0 Å². The summed E-state index contributed by atoms with van der Waals surface area (Å²) in [5, 5.41) is 0. The number of hydrogen-bond acceptors (Lipinski definition) is 1. The molecule has 1 atom stereocenters. The minimum Gasteiger partial charge on any atom is -0.361 e. The third kappa shape index (κ3) is 1.57. The summed E-state index contributed by atoms with van der Waals surface area (Å²) in [6, 6.07) is 0. The van der Waals surface area contributed by atoms with Crippen molar-refractivity contribution in [3.8, 4) is 0 Å². The monoisotopic (exact) mass is 162 g/mol. The molecule has 0 heterocycles. The Balaban J connectivity index is 3.04. The van der Waals surface area contributed by atoms with Gasteiger partial charge in [-0.05, 0) is 19.4 Å². The second-order valence-electron chi connectivity index (χ2n) is 2.86. The van der Waals surface area contributed by atoms with Crippen molar-refractivity contribution in [3.05, 3.63) is 29.3 Å². The molecule has 0 spiro atoms. The van der Waals surface area contributed by atoms with Crippen molar-refractivity contribution in [1.82, 2.24) is 0 Å². The van der Waals surface area contributed by atoms with E-state index in [1.807, 2.05) is 13.0 Å². The fourth-order valence-corrected chi connectivity index (χ4v) is 1.15. The Morgan fingerprint density at radius 2 is 2.33 bits per heavy atom. The largest absolute Gasteiger partial charge is 0.361 e. The van der Waals surface area contributed by atoms with Crippen LogP contribution in [0.3, 0.4) is 0 Å². The van der Waals surface area contributed by atoms with Crippen LogP contribution in [-0.4, -0.2) is 16.3 Å². The molecule has 0 bridgehead atoms. The molecule has 1 rings (SSSR count). The maximum Gasteiger partial charge on any atom is 0.306 e. The summed E-state index contributed by atoms with van der Waals surface area (Å²) < 4.78 is 0. The third-order valence-electron chi connectivity index (χ3n) is 1.80. The van der Waals surface area contributed by atoms with Crippen LogP contribution in [0.15, 0.2) is 23.8 Å². The summed E-state index contributed by atoms with van der Waals surface area (Å²) >= 11 is 0. The molecule has 12 heavy (non-hydrogen) atoms. The van der Waals surface area contributed by atoms with E-state index in [-0.39, 0.29) is 11.7 Å². The van der Waals surface area contributed by atoms with E-state index in [2.05, 4.69) is 4.79 Å². The molecular weight excluding hydrogens is 152 g/mol. The number of carbonyl (C=O) groups is 1. The molecule has 0 saturated heterocycles. The van der Waals surface area contributed by atoms with Crippen molar-refractivity contribution < 1.29 is 9.58 Å². The Morgan fingerprint density at radius 3 is 2.83 bits per heavy atom. The average molecular weight is 162 g/mol. The fourth-order valence-electron chi connectivity index (χ4n) is 1.15. The van der Waals surface area contributed by atoms with E-state index < -0.39 is 0 Å². The van der Waals surface area contributed by atoms with Crippen LogP contribution in [0.5, 0.6) is 0 Å². The summed E-state index contributed by atoms with van der Waals surface area (Å²) in [6.07, 6.45) is 5.29. The summed E-state index contributed by atoms with van der Waals surface area (Å²) in [7, 11) is 0. The summed E-state index contributed by atoms with van der Waals surface area (Å²) in [4.78, 5) is 14.1. The third-order valence-corrected chi connectivity index (χ3v) is 1.80. The van der Waals surface area contributed by atoms with Crippen molar-refractivity contribution in [2.45, 2.75) is 13.8 Å². The summed E-state index contributed by atoms with van der Waals surface area (Å²) in [5.41, 5.74) is 9.99. The van der Waals surface area contributed by atoms with Crippen molar-refractivity contribution >= 4 is 11.5 Å². The molecule has 62 valence electrons. The van der Waals surface area contributed by atoms with Crippen LogP contribution < -0.4 is 0 Å². The fraction of sp³-hybridized carbons (Fsp3) is 0.333.